The van der Waals surface area contributed by atoms with Crippen molar-refractivity contribution in [1.29, 1.82) is 0 Å². The second kappa shape index (κ2) is 7.43. The summed E-state index contributed by atoms with van der Waals surface area (Å²) in [6.45, 7) is 11.4. The van der Waals surface area contributed by atoms with Gasteiger partial charge in [-0.2, -0.15) is 0 Å². The second-order valence-electron chi connectivity index (χ2n) is 7.63. The SMILES string of the molecule is Cc1cc(C)cc(NC(=O)N2CCN(c3nc4c(C)c(C)ccc4s3)CC2)c1. The number of fused-ring (bicyclic) bond motifs is 1. The predicted molar refractivity (Wildman–Crippen MR) is 118 cm³/mol. The number of carbonyl (C=O) groups is 1. The number of amides is 2. The van der Waals surface area contributed by atoms with Crippen LogP contribution < -0.4 is 10.2 Å². The molecular formula is C22H26N4OS. The fourth-order valence-corrected chi connectivity index (χ4v) is 4.78. The van der Waals surface area contributed by atoms with E-state index in [0.717, 1.165) is 40.6 Å². The Bertz CT molecular complexity index is 1010. The number of nitrogens with zero attached hydrogens (tertiary/aromatic N) is 3. The van der Waals surface area contributed by atoms with Crippen molar-refractivity contribution < 1.29 is 4.79 Å². The molecule has 0 aliphatic carbocycles. The van der Waals surface area contributed by atoms with Crippen LogP contribution >= 0.6 is 11.3 Å². The highest BCUT2D eigenvalue weighted by Gasteiger charge is 2.23. The molecule has 1 saturated heterocycles. The minimum Gasteiger partial charge on any atom is -0.345 e. The van der Waals surface area contributed by atoms with Crippen molar-refractivity contribution in [2.24, 2.45) is 0 Å². The molecule has 0 bridgehead atoms. The van der Waals surface area contributed by atoms with Gasteiger partial charge >= 0.3 is 6.03 Å². The van der Waals surface area contributed by atoms with Gasteiger partial charge in [0.15, 0.2) is 5.13 Å². The van der Waals surface area contributed by atoms with Crippen LogP contribution in [-0.4, -0.2) is 42.1 Å². The number of thiazole rings is 1. The highest BCUT2D eigenvalue weighted by Crippen LogP contribution is 2.32. The minimum atomic E-state index is -0.0274. The van der Waals surface area contributed by atoms with E-state index in [-0.39, 0.29) is 6.03 Å². The van der Waals surface area contributed by atoms with Crippen LogP contribution in [0, 0.1) is 27.7 Å². The van der Waals surface area contributed by atoms with E-state index in [9.17, 15) is 4.79 Å². The monoisotopic (exact) mass is 394 g/mol. The number of urea groups is 1. The van der Waals surface area contributed by atoms with E-state index in [1.807, 2.05) is 30.9 Å². The highest BCUT2D eigenvalue weighted by atomic mass is 32.1. The number of aromatic nitrogens is 1. The normalized spacial score (nSPS) is 14.6. The smallest absolute Gasteiger partial charge is 0.321 e. The average Bonchev–Trinajstić information content (AvgIpc) is 3.09. The summed E-state index contributed by atoms with van der Waals surface area (Å²) in [5, 5.41) is 4.09. The van der Waals surface area contributed by atoms with Gasteiger partial charge in [0.1, 0.15) is 0 Å². The lowest BCUT2D eigenvalue weighted by Gasteiger charge is -2.34. The van der Waals surface area contributed by atoms with Crippen molar-refractivity contribution in [3.05, 3.63) is 52.6 Å². The third-order valence-electron chi connectivity index (χ3n) is 5.38. The summed E-state index contributed by atoms with van der Waals surface area (Å²) in [5.74, 6) is 0. The van der Waals surface area contributed by atoms with Gasteiger partial charge in [0.25, 0.3) is 0 Å². The Labute approximate surface area is 170 Å². The van der Waals surface area contributed by atoms with Crippen LogP contribution in [-0.2, 0) is 0 Å². The Morgan fingerprint density at radius 3 is 2.36 bits per heavy atom. The summed E-state index contributed by atoms with van der Waals surface area (Å²) in [5.41, 5.74) is 6.81. The number of piperazine rings is 1. The van der Waals surface area contributed by atoms with Crippen LogP contribution in [0.2, 0.25) is 0 Å². The van der Waals surface area contributed by atoms with Crippen molar-refractivity contribution in [1.82, 2.24) is 9.88 Å². The van der Waals surface area contributed by atoms with Crippen LogP contribution in [0.15, 0.2) is 30.3 Å². The largest absolute Gasteiger partial charge is 0.345 e. The lowest BCUT2D eigenvalue weighted by molar-refractivity contribution is 0.208. The van der Waals surface area contributed by atoms with Gasteiger partial charge in [-0.1, -0.05) is 23.5 Å². The van der Waals surface area contributed by atoms with Crippen molar-refractivity contribution in [3.63, 3.8) is 0 Å². The van der Waals surface area contributed by atoms with Gasteiger partial charge in [0.05, 0.1) is 10.2 Å². The van der Waals surface area contributed by atoms with Gasteiger partial charge in [-0.3, -0.25) is 0 Å². The molecule has 0 spiro atoms. The maximum absolute atomic E-state index is 12.6. The maximum atomic E-state index is 12.6. The quantitative estimate of drug-likeness (QED) is 0.674. The van der Waals surface area contributed by atoms with Gasteiger partial charge in [-0.25, -0.2) is 9.78 Å². The van der Waals surface area contributed by atoms with Crippen LogP contribution in [0.25, 0.3) is 10.2 Å². The van der Waals surface area contributed by atoms with E-state index in [4.69, 9.17) is 4.98 Å². The van der Waals surface area contributed by atoms with Crippen molar-refractivity contribution >= 4 is 38.4 Å². The van der Waals surface area contributed by atoms with Gasteiger partial charge in [0.2, 0.25) is 0 Å². The van der Waals surface area contributed by atoms with Crippen LogP contribution in [0.3, 0.4) is 0 Å². The summed E-state index contributed by atoms with van der Waals surface area (Å²) >= 11 is 1.74. The molecule has 2 aromatic carbocycles. The third-order valence-corrected chi connectivity index (χ3v) is 6.47. The molecular weight excluding hydrogens is 368 g/mol. The van der Waals surface area contributed by atoms with Gasteiger partial charge in [0, 0.05) is 31.9 Å². The molecule has 0 saturated carbocycles. The van der Waals surface area contributed by atoms with E-state index in [0.29, 0.717) is 13.1 Å². The molecule has 2 heterocycles. The summed E-state index contributed by atoms with van der Waals surface area (Å²) in [7, 11) is 0. The van der Waals surface area contributed by atoms with E-state index < -0.39 is 0 Å². The Hall–Kier alpha value is -2.60. The second-order valence-corrected chi connectivity index (χ2v) is 8.64. The maximum Gasteiger partial charge on any atom is 0.321 e. The lowest BCUT2D eigenvalue weighted by Crippen LogP contribution is -2.50. The van der Waals surface area contributed by atoms with E-state index >= 15 is 0 Å². The number of rotatable bonds is 2. The number of aryl methyl sites for hydroxylation is 4. The Kier molecular flexibility index (Phi) is 4.98. The number of anilines is 2. The van der Waals surface area contributed by atoms with E-state index in [2.05, 4.69) is 42.3 Å². The zero-order valence-corrected chi connectivity index (χ0v) is 17.7. The molecule has 5 nitrogen and oxygen atoms in total. The molecule has 146 valence electrons. The molecule has 1 fully saturated rings. The van der Waals surface area contributed by atoms with Crippen LogP contribution in [0.4, 0.5) is 15.6 Å². The zero-order chi connectivity index (χ0) is 19.8. The first-order valence-electron chi connectivity index (χ1n) is 9.66. The number of nitrogens with one attached hydrogen (secondary N) is 1. The molecule has 1 aliphatic rings. The van der Waals surface area contributed by atoms with Crippen LogP contribution in [0.5, 0.6) is 0 Å². The first-order chi connectivity index (χ1) is 13.4. The molecule has 4 rings (SSSR count). The van der Waals surface area contributed by atoms with Gasteiger partial charge in [-0.15, -0.1) is 0 Å². The first kappa shape index (κ1) is 18.7. The molecule has 28 heavy (non-hydrogen) atoms. The Balaban J connectivity index is 1.41. The molecule has 1 N–H and O–H groups in total. The third kappa shape index (κ3) is 3.69. The highest BCUT2D eigenvalue weighted by molar-refractivity contribution is 7.22. The molecule has 6 heteroatoms. The molecule has 3 aromatic rings. The van der Waals surface area contributed by atoms with E-state index in [1.165, 1.54) is 15.8 Å². The molecule has 1 aromatic heterocycles. The summed E-state index contributed by atoms with van der Waals surface area (Å²) in [6.07, 6.45) is 0. The number of hydrogen-bond donors (Lipinski definition) is 1. The van der Waals surface area contributed by atoms with Crippen molar-refractivity contribution in [3.8, 4) is 0 Å². The first-order valence-corrected chi connectivity index (χ1v) is 10.5. The van der Waals surface area contributed by atoms with Crippen molar-refractivity contribution in [2.75, 3.05) is 36.4 Å². The molecule has 0 atom stereocenters. The summed E-state index contributed by atoms with van der Waals surface area (Å²) in [6, 6.07) is 10.4. The summed E-state index contributed by atoms with van der Waals surface area (Å²) < 4.78 is 1.23. The average molecular weight is 395 g/mol. The van der Waals surface area contributed by atoms with Gasteiger partial charge < -0.3 is 15.1 Å². The van der Waals surface area contributed by atoms with Crippen LogP contribution in [0.1, 0.15) is 22.3 Å². The molecule has 1 aliphatic heterocycles. The predicted octanol–water partition coefficient (Wildman–Crippen LogP) is 4.88. The van der Waals surface area contributed by atoms with Gasteiger partial charge in [-0.05, 0) is 68.1 Å². The Morgan fingerprint density at radius 1 is 1.00 bits per heavy atom. The lowest BCUT2D eigenvalue weighted by atomic mass is 10.1. The molecule has 0 unspecified atom stereocenters. The number of hydrogen-bond acceptors (Lipinski definition) is 4. The summed E-state index contributed by atoms with van der Waals surface area (Å²) in [4.78, 5) is 21.7. The number of benzene rings is 2. The fraction of sp³-hybridized carbons (Fsp3) is 0.364. The fourth-order valence-electron chi connectivity index (χ4n) is 3.70. The standard InChI is InChI=1S/C22H26N4OS/c1-14-11-15(2)13-18(12-14)23-21(27)25-7-9-26(10-8-25)22-24-20-17(4)16(3)5-6-19(20)28-22/h5-6,11-13H,7-10H2,1-4H3,(H,23,27). The molecule has 0 radical (unpaired) electrons. The van der Waals surface area contributed by atoms with E-state index in [1.54, 1.807) is 11.3 Å². The topological polar surface area (TPSA) is 48.5 Å². The number of carbonyl (C=O) groups excluding carboxylic acids is 1. The van der Waals surface area contributed by atoms with Crippen molar-refractivity contribution in [2.45, 2.75) is 27.7 Å². The zero-order valence-electron chi connectivity index (χ0n) is 16.9. The Morgan fingerprint density at radius 2 is 1.68 bits per heavy atom. The minimum absolute atomic E-state index is 0.0274. The molecule has 2 amide bonds.